The van der Waals surface area contributed by atoms with E-state index in [2.05, 4.69) is 15.4 Å². The number of nitrogen functional groups attached to an aromatic ring is 1. The van der Waals surface area contributed by atoms with E-state index in [1.165, 1.54) is 0 Å². The molecule has 0 fully saturated rings. The number of nitrogens with two attached hydrogens (primary N) is 1. The normalized spacial score (nSPS) is 11.0. The number of aromatic nitrogens is 3. The maximum Gasteiger partial charge on any atom is 0.300 e. The highest BCUT2D eigenvalue weighted by molar-refractivity contribution is 5.78. The lowest BCUT2D eigenvalue weighted by Crippen LogP contribution is -1.90. The third-order valence-corrected chi connectivity index (χ3v) is 2.67. The summed E-state index contributed by atoms with van der Waals surface area (Å²) in [5.41, 5.74) is 9.56. The van der Waals surface area contributed by atoms with Crippen LogP contribution < -0.4 is 11.1 Å². The molecule has 92 valence electrons. The van der Waals surface area contributed by atoms with Gasteiger partial charge in [0.2, 0.25) is 0 Å². The average molecular weight is 243 g/mol. The molecule has 0 saturated carbocycles. The van der Waals surface area contributed by atoms with Crippen LogP contribution in [0.5, 0.6) is 0 Å². The molecule has 0 saturated heterocycles. The van der Waals surface area contributed by atoms with Crippen LogP contribution in [0.4, 0.5) is 17.4 Å². The number of hydrogen-bond donors (Lipinski definition) is 2. The van der Waals surface area contributed by atoms with Crippen molar-refractivity contribution in [3.8, 4) is 0 Å². The van der Waals surface area contributed by atoms with Crippen molar-refractivity contribution < 1.29 is 4.42 Å². The number of nitrogens with zero attached hydrogens (tertiary/aromatic N) is 3. The molecule has 0 bridgehead atoms. The molecule has 0 atom stereocenters. The van der Waals surface area contributed by atoms with Crippen molar-refractivity contribution in [1.82, 2.24) is 14.8 Å². The Bertz CT molecular complexity index is 712. The Kier molecular flexibility index (Phi) is 2.22. The second-order valence-corrected chi connectivity index (χ2v) is 4.17. The van der Waals surface area contributed by atoms with Crippen LogP contribution in [0.25, 0.3) is 11.1 Å². The predicted molar refractivity (Wildman–Crippen MR) is 69.6 cm³/mol. The molecule has 0 aliphatic carbocycles. The summed E-state index contributed by atoms with van der Waals surface area (Å²) in [6.45, 7) is 1.92. The summed E-state index contributed by atoms with van der Waals surface area (Å²) in [6, 6.07) is 5.80. The topological polar surface area (TPSA) is 81.9 Å². The summed E-state index contributed by atoms with van der Waals surface area (Å²) >= 11 is 0. The van der Waals surface area contributed by atoms with E-state index in [1.54, 1.807) is 22.9 Å². The van der Waals surface area contributed by atoms with Crippen LogP contribution in [0.2, 0.25) is 0 Å². The van der Waals surface area contributed by atoms with Crippen molar-refractivity contribution in [2.75, 3.05) is 11.1 Å². The van der Waals surface area contributed by atoms with Crippen LogP contribution in [-0.2, 0) is 7.05 Å². The lowest BCUT2D eigenvalue weighted by atomic mass is 10.3. The highest BCUT2D eigenvalue weighted by Gasteiger charge is 2.09. The van der Waals surface area contributed by atoms with E-state index in [-0.39, 0.29) is 0 Å². The Morgan fingerprint density at radius 2 is 2.22 bits per heavy atom. The van der Waals surface area contributed by atoms with Gasteiger partial charge in [-0.15, -0.1) is 0 Å². The second-order valence-electron chi connectivity index (χ2n) is 4.17. The van der Waals surface area contributed by atoms with Crippen LogP contribution in [0.1, 0.15) is 5.69 Å². The molecule has 3 aromatic rings. The molecule has 2 aromatic heterocycles. The molecule has 6 heteroatoms. The van der Waals surface area contributed by atoms with Gasteiger partial charge >= 0.3 is 0 Å². The molecule has 0 radical (unpaired) electrons. The molecule has 0 amide bonds. The number of fused-ring (bicyclic) bond motifs is 1. The average Bonchev–Trinajstić information content (AvgIpc) is 2.82. The first-order chi connectivity index (χ1) is 8.61. The molecule has 3 rings (SSSR count). The Balaban J connectivity index is 1.97. The van der Waals surface area contributed by atoms with E-state index < -0.39 is 0 Å². The summed E-state index contributed by atoms with van der Waals surface area (Å²) in [7, 11) is 1.87. The third-order valence-electron chi connectivity index (χ3n) is 2.67. The minimum Gasteiger partial charge on any atom is -0.423 e. The fourth-order valence-corrected chi connectivity index (χ4v) is 1.84. The fourth-order valence-electron chi connectivity index (χ4n) is 1.84. The van der Waals surface area contributed by atoms with Gasteiger partial charge in [0, 0.05) is 18.9 Å². The van der Waals surface area contributed by atoms with Crippen LogP contribution in [0.15, 0.2) is 28.8 Å². The molecular formula is C12H13N5O. The van der Waals surface area contributed by atoms with Gasteiger partial charge in [-0.3, -0.25) is 4.68 Å². The fraction of sp³-hybridized carbons (Fsp3) is 0.167. The summed E-state index contributed by atoms with van der Waals surface area (Å²) in [5.74, 6) is 0. The molecule has 0 spiro atoms. The van der Waals surface area contributed by atoms with Crippen molar-refractivity contribution in [3.63, 3.8) is 0 Å². The van der Waals surface area contributed by atoms with Crippen molar-refractivity contribution in [2.24, 2.45) is 7.05 Å². The first-order valence-electron chi connectivity index (χ1n) is 5.55. The van der Waals surface area contributed by atoms with Gasteiger partial charge in [0.1, 0.15) is 5.52 Å². The highest BCUT2D eigenvalue weighted by Crippen LogP contribution is 2.24. The molecule has 2 heterocycles. The van der Waals surface area contributed by atoms with Crippen molar-refractivity contribution in [3.05, 3.63) is 30.1 Å². The van der Waals surface area contributed by atoms with E-state index in [9.17, 15) is 0 Å². The predicted octanol–water partition coefficient (Wildman–Crippen LogP) is 2.20. The monoisotopic (exact) mass is 243 g/mol. The highest BCUT2D eigenvalue weighted by atomic mass is 16.4. The summed E-state index contributed by atoms with van der Waals surface area (Å²) in [6.07, 6.45) is 1.87. The van der Waals surface area contributed by atoms with E-state index in [0.717, 1.165) is 16.9 Å². The molecule has 1 aromatic carbocycles. The zero-order valence-electron chi connectivity index (χ0n) is 10.1. The molecule has 6 nitrogen and oxygen atoms in total. The lowest BCUT2D eigenvalue weighted by Gasteiger charge is -1.96. The number of anilines is 3. The maximum atomic E-state index is 5.70. The van der Waals surface area contributed by atoms with Gasteiger partial charge in [-0.05, 0) is 25.1 Å². The first kappa shape index (κ1) is 10.6. The molecule has 0 aliphatic heterocycles. The Morgan fingerprint density at radius 1 is 1.39 bits per heavy atom. The maximum absolute atomic E-state index is 5.70. The van der Waals surface area contributed by atoms with Crippen molar-refractivity contribution in [2.45, 2.75) is 6.92 Å². The zero-order chi connectivity index (χ0) is 12.7. The summed E-state index contributed by atoms with van der Waals surface area (Å²) < 4.78 is 7.31. The quantitative estimate of drug-likeness (QED) is 0.674. The van der Waals surface area contributed by atoms with Gasteiger partial charge in [-0.25, -0.2) is 0 Å². The second kappa shape index (κ2) is 3.76. The number of oxazole rings is 1. The number of aryl methyl sites for hydroxylation is 2. The largest absolute Gasteiger partial charge is 0.423 e. The zero-order valence-corrected chi connectivity index (χ0v) is 10.1. The van der Waals surface area contributed by atoms with E-state index in [0.29, 0.717) is 17.3 Å². The Hall–Kier alpha value is -2.50. The first-order valence-corrected chi connectivity index (χ1v) is 5.55. The van der Waals surface area contributed by atoms with Gasteiger partial charge in [-0.2, -0.15) is 10.1 Å². The van der Waals surface area contributed by atoms with Crippen LogP contribution in [0.3, 0.4) is 0 Å². The minimum atomic E-state index is 0.437. The van der Waals surface area contributed by atoms with Crippen molar-refractivity contribution >= 4 is 28.5 Å². The summed E-state index contributed by atoms with van der Waals surface area (Å²) in [5, 5.41) is 7.34. The number of rotatable bonds is 2. The number of nitrogens with one attached hydrogen (secondary N) is 1. The SMILES string of the molecule is Cc1nn(C)cc1Nc1nc2cc(N)ccc2o1. The number of hydrogen-bond acceptors (Lipinski definition) is 5. The van der Waals surface area contributed by atoms with E-state index >= 15 is 0 Å². The Morgan fingerprint density at radius 3 is 2.94 bits per heavy atom. The van der Waals surface area contributed by atoms with Crippen LogP contribution in [0, 0.1) is 6.92 Å². The molecular weight excluding hydrogens is 230 g/mol. The standard InChI is InChI=1S/C12H13N5O/c1-7-10(6-17(2)16-7)15-12-14-9-5-8(13)3-4-11(9)18-12/h3-6H,13H2,1-2H3,(H,14,15). The van der Waals surface area contributed by atoms with E-state index in [4.69, 9.17) is 10.2 Å². The summed E-state index contributed by atoms with van der Waals surface area (Å²) in [4.78, 5) is 4.32. The van der Waals surface area contributed by atoms with Crippen LogP contribution in [-0.4, -0.2) is 14.8 Å². The smallest absolute Gasteiger partial charge is 0.300 e. The van der Waals surface area contributed by atoms with Gasteiger partial charge < -0.3 is 15.5 Å². The molecule has 0 unspecified atom stereocenters. The lowest BCUT2D eigenvalue weighted by molar-refractivity contribution is 0.623. The number of benzene rings is 1. The van der Waals surface area contributed by atoms with Gasteiger partial charge in [0.25, 0.3) is 6.01 Å². The van der Waals surface area contributed by atoms with Crippen LogP contribution >= 0.6 is 0 Å². The van der Waals surface area contributed by atoms with Gasteiger partial charge in [-0.1, -0.05) is 0 Å². The molecule has 0 aliphatic rings. The van der Waals surface area contributed by atoms with Crippen molar-refractivity contribution in [1.29, 1.82) is 0 Å². The van der Waals surface area contributed by atoms with Gasteiger partial charge in [0.05, 0.1) is 11.4 Å². The van der Waals surface area contributed by atoms with Gasteiger partial charge in [0.15, 0.2) is 5.58 Å². The van der Waals surface area contributed by atoms with E-state index in [1.807, 2.05) is 20.2 Å². The third kappa shape index (κ3) is 1.77. The molecule has 18 heavy (non-hydrogen) atoms. The Labute approximate surface area is 103 Å². The minimum absolute atomic E-state index is 0.437. The molecule has 3 N–H and O–H groups in total.